The van der Waals surface area contributed by atoms with E-state index in [1.807, 2.05) is 49.4 Å². The van der Waals surface area contributed by atoms with Crippen molar-refractivity contribution in [3.8, 4) is 11.1 Å². The van der Waals surface area contributed by atoms with Gasteiger partial charge < -0.3 is 5.11 Å². The topological polar surface area (TPSA) is 46.0 Å². The Labute approximate surface area is 124 Å². The van der Waals surface area contributed by atoms with Gasteiger partial charge in [-0.25, -0.2) is 0 Å². The van der Waals surface area contributed by atoms with Gasteiger partial charge in [0, 0.05) is 6.20 Å². The third-order valence-corrected chi connectivity index (χ3v) is 3.41. The Balaban J connectivity index is 1.85. The van der Waals surface area contributed by atoms with Gasteiger partial charge >= 0.3 is 0 Å². The second kappa shape index (κ2) is 5.85. The van der Waals surface area contributed by atoms with Gasteiger partial charge in [-0.05, 0) is 23.6 Å². The van der Waals surface area contributed by atoms with Crippen molar-refractivity contribution in [3.05, 3.63) is 83.9 Å². The van der Waals surface area contributed by atoms with E-state index in [4.69, 9.17) is 0 Å². The molecular formula is C18H16N2O. The molecule has 104 valence electrons. The molecule has 3 rings (SSSR count). The van der Waals surface area contributed by atoms with Gasteiger partial charge in [-0.2, -0.15) is 0 Å². The van der Waals surface area contributed by atoms with Crippen molar-refractivity contribution < 1.29 is 5.11 Å². The monoisotopic (exact) mass is 276 g/mol. The van der Waals surface area contributed by atoms with Crippen LogP contribution in [0.1, 0.15) is 23.1 Å². The molecule has 1 heterocycles. The summed E-state index contributed by atoms with van der Waals surface area (Å²) in [5.41, 5.74) is 4.50. The van der Waals surface area contributed by atoms with Crippen LogP contribution in [0.4, 0.5) is 0 Å². The van der Waals surface area contributed by atoms with Crippen LogP contribution in [0.15, 0.2) is 67.0 Å². The fraction of sp³-hybridized carbons (Fsp3) is 0.111. The summed E-state index contributed by atoms with van der Waals surface area (Å²) in [4.78, 5) is 8.39. The summed E-state index contributed by atoms with van der Waals surface area (Å²) < 4.78 is 0. The van der Waals surface area contributed by atoms with Crippen LogP contribution in [0.3, 0.4) is 0 Å². The molecule has 0 saturated carbocycles. The molecule has 2 aromatic carbocycles. The van der Waals surface area contributed by atoms with Crippen molar-refractivity contribution in [2.45, 2.75) is 13.0 Å². The van der Waals surface area contributed by atoms with E-state index in [0.29, 0.717) is 5.69 Å². The lowest BCUT2D eigenvalue weighted by atomic mass is 10.0. The Hall–Kier alpha value is -2.52. The first kappa shape index (κ1) is 13.5. The standard InChI is InChI=1S/C18H16N2O/c1-13-11-20-17(12-19-13)18(21)16-9-7-15(8-10-16)14-5-3-2-4-6-14/h2-12,18,21H,1H3. The molecule has 3 heteroatoms. The summed E-state index contributed by atoms with van der Waals surface area (Å²) in [6, 6.07) is 18.0. The highest BCUT2D eigenvalue weighted by atomic mass is 16.3. The molecule has 0 amide bonds. The summed E-state index contributed by atoms with van der Waals surface area (Å²) in [5, 5.41) is 10.3. The number of nitrogens with zero attached hydrogens (tertiary/aromatic N) is 2. The first-order chi connectivity index (χ1) is 10.2. The minimum absolute atomic E-state index is 0.563. The summed E-state index contributed by atoms with van der Waals surface area (Å²) in [6.45, 7) is 1.87. The maximum Gasteiger partial charge on any atom is 0.123 e. The largest absolute Gasteiger partial charge is 0.382 e. The maximum atomic E-state index is 10.3. The fourth-order valence-electron chi connectivity index (χ4n) is 2.20. The second-order valence-electron chi connectivity index (χ2n) is 4.97. The summed E-state index contributed by atoms with van der Waals surface area (Å²) in [7, 11) is 0. The number of aromatic nitrogens is 2. The molecule has 0 spiro atoms. The van der Waals surface area contributed by atoms with Gasteiger partial charge in [0.1, 0.15) is 6.10 Å². The Kier molecular flexibility index (Phi) is 3.75. The zero-order valence-corrected chi connectivity index (χ0v) is 11.8. The van der Waals surface area contributed by atoms with Gasteiger partial charge in [0.25, 0.3) is 0 Å². The van der Waals surface area contributed by atoms with Crippen LogP contribution in [0.2, 0.25) is 0 Å². The van der Waals surface area contributed by atoms with Crippen molar-refractivity contribution in [1.82, 2.24) is 9.97 Å². The van der Waals surface area contributed by atoms with Crippen LogP contribution in [0.5, 0.6) is 0 Å². The van der Waals surface area contributed by atoms with E-state index in [1.54, 1.807) is 12.4 Å². The molecule has 1 N–H and O–H groups in total. The lowest BCUT2D eigenvalue weighted by Crippen LogP contribution is -2.03. The van der Waals surface area contributed by atoms with Crippen LogP contribution in [0.25, 0.3) is 11.1 Å². The summed E-state index contributed by atoms with van der Waals surface area (Å²) >= 11 is 0. The highest BCUT2D eigenvalue weighted by Crippen LogP contribution is 2.24. The van der Waals surface area contributed by atoms with E-state index in [2.05, 4.69) is 22.1 Å². The van der Waals surface area contributed by atoms with E-state index in [9.17, 15) is 5.11 Å². The molecule has 1 aromatic heterocycles. The molecule has 3 aromatic rings. The van der Waals surface area contributed by atoms with E-state index >= 15 is 0 Å². The quantitative estimate of drug-likeness (QED) is 0.796. The second-order valence-corrected chi connectivity index (χ2v) is 4.97. The Morgan fingerprint density at radius 2 is 1.48 bits per heavy atom. The predicted molar refractivity (Wildman–Crippen MR) is 82.7 cm³/mol. The zero-order chi connectivity index (χ0) is 14.7. The number of hydrogen-bond donors (Lipinski definition) is 1. The molecular weight excluding hydrogens is 260 g/mol. The molecule has 0 aliphatic heterocycles. The van der Waals surface area contributed by atoms with Crippen molar-refractivity contribution >= 4 is 0 Å². The van der Waals surface area contributed by atoms with Gasteiger partial charge in [-0.3, -0.25) is 9.97 Å². The number of rotatable bonds is 3. The van der Waals surface area contributed by atoms with Crippen molar-refractivity contribution in [1.29, 1.82) is 0 Å². The molecule has 3 nitrogen and oxygen atoms in total. The molecule has 0 radical (unpaired) electrons. The molecule has 0 saturated heterocycles. The third kappa shape index (κ3) is 2.98. The maximum absolute atomic E-state index is 10.3. The molecule has 21 heavy (non-hydrogen) atoms. The van der Waals surface area contributed by atoms with Gasteiger partial charge in [-0.1, -0.05) is 54.6 Å². The first-order valence-corrected chi connectivity index (χ1v) is 6.86. The number of benzene rings is 2. The molecule has 0 aliphatic carbocycles. The fourth-order valence-corrected chi connectivity index (χ4v) is 2.20. The van der Waals surface area contributed by atoms with E-state index in [-0.39, 0.29) is 0 Å². The smallest absolute Gasteiger partial charge is 0.123 e. The van der Waals surface area contributed by atoms with Gasteiger partial charge in [0.05, 0.1) is 17.6 Å². The SMILES string of the molecule is Cc1cnc(C(O)c2ccc(-c3ccccc3)cc2)cn1. The van der Waals surface area contributed by atoms with Crippen molar-refractivity contribution in [2.75, 3.05) is 0 Å². The number of aliphatic hydroxyl groups is 1. The van der Waals surface area contributed by atoms with Gasteiger partial charge in [-0.15, -0.1) is 0 Å². The zero-order valence-electron chi connectivity index (χ0n) is 11.8. The number of aliphatic hydroxyl groups excluding tert-OH is 1. The summed E-state index contributed by atoms with van der Waals surface area (Å²) in [5.74, 6) is 0. The normalized spacial score (nSPS) is 12.1. The van der Waals surface area contributed by atoms with Crippen molar-refractivity contribution in [3.63, 3.8) is 0 Å². The Bertz CT molecular complexity index is 706. The first-order valence-electron chi connectivity index (χ1n) is 6.86. The highest BCUT2D eigenvalue weighted by molar-refractivity contribution is 5.63. The van der Waals surface area contributed by atoms with Crippen LogP contribution in [-0.2, 0) is 0 Å². The Morgan fingerprint density at radius 1 is 0.810 bits per heavy atom. The van der Waals surface area contributed by atoms with E-state index in [1.165, 1.54) is 0 Å². The van der Waals surface area contributed by atoms with Gasteiger partial charge in [0.15, 0.2) is 0 Å². The predicted octanol–water partition coefficient (Wildman–Crippen LogP) is 3.53. The van der Waals surface area contributed by atoms with Crippen LogP contribution in [-0.4, -0.2) is 15.1 Å². The average Bonchev–Trinajstić information content (AvgIpc) is 2.56. The highest BCUT2D eigenvalue weighted by Gasteiger charge is 2.12. The molecule has 1 atom stereocenters. The van der Waals surface area contributed by atoms with Crippen molar-refractivity contribution in [2.24, 2.45) is 0 Å². The molecule has 0 bridgehead atoms. The minimum Gasteiger partial charge on any atom is -0.382 e. The Morgan fingerprint density at radius 3 is 2.10 bits per heavy atom. The third-order valence-electron chi connectivity index (χ3n) is 3.41. The van der Waals surface area contributed by atoms with E-state index in [0.717, 1.165) is 22.4 Å². The average molecular weight is 276 g/mol. The lowest BCUT2D eigenvalue weighted by molar-refractivity contribution is 0.215. The van der Waals surface area contributed by atoms with Crippen LogP contribution in [0, 0.1) is 6.92 Å². The van der Waals surface area contributed by atoms with Crippen LogP contribution >= 0.6 is 0 Å². The van der Waals surface area contributed by atoms with Crippen LogP contribution < -0.4 is 0 Å². The summed E-state index contributed by atoms with van der Waals surface area (Å²) in [6.07, 6.45) is 2.53. The lowest BCUT2D eigenvalue weighted by Gasteiger charge is -2.11. The van der Waals surface area contributed by atoms with Gasteiger partial charge in [0.2, 0.25) is 0 Å². The van der Waals surface area contributed by atoms with E-state index < -0.39 is 6.10 Å². The number of hydrogen-bond acceptors (Lipinski definition) is 3. The molecule has 0 fully saturated rings. The minimum atomic E-state index is -0.747. The number of aryl methyl sites for hydroxylation is 1. The molecule has 1 unspecified atom stereocenters. The molecule has 0 aliphatic rings.